The third-order valence-electron chi connectivity index (χ3n) is 2.81. The highest BCUT2D eigenvalue weighted by atomic mass is 16.5. The van der Waals surface area contributed by atoms with Crippen molar-refractivity contribution in [2.45, 2.75) is 32.9 Å². The number of hydrogen-bond acceptors (Lipinski definition) is 5. The van der Waals surface area contributed by atoms with Gasteiger partial charge in [-0.05, 0) is 44.0 Å². The molecule has 3 N–H and O–H groups in total. The van der Waals surface area contributed by atoms with Gasteiger partial charge in [-0.1, -0.05) is 12.1 Å². The number of nitrogens with two attached hydrogens (primary N) is 1. The number of aryl methyl sites for hydroxylation is 1. The predicted molar refractivity (Wildman–Crippen MR) is 78.1 cm³/mol. The van der Waals surface area contributed by atoms with Crippen LogP contribution >= 0.6 is 0 Å². The van der Waals surface area contributed by atoms with Gasteiger partial charge in [-0.3, -0.25) is 5.84 Å². The lowest BCUT2D eigenvalue weighted by Gasteiger charge is -2.16. The molecule has 2 rings (SSSR count). The van der Waals surface area contributed by atoms with Gasteiger partial charge in [-0.2, -0.15) is 0 Å². The van der Waals surface area contributed by atoms with Crippen LogP contribution < -0.4 is 16.0 Å². The summed E-state index contributed by atoms with van der Waals surface area (Å²) in [7, 11) is 0. The van der Waals surface area contributed by atoms with E-state index in [1.807, 2.05) is 45.0 Å². The van der Waals surface area contributed by atoms with Gasteiger partial charge in [0.25, 0.3) is 0 Å². The van der Waals surface area contributed by atoms with E-state index in [1.54, 1.807) is 12.4 Å². The van der Waals surface area contributed by atoms with E-state index in [4.69, 9.17) is 10.6 Å². The lowest BCUT2D eigenvalue weighted by Crippen LogP contribution is -2.30. The second-order valence-electron chi connectivity index (χ2n) is 4.95. The van der Waals surface area contributed by atoms with E-state index in [1.165, 1.54) is 0 Å². The fourth-order valence-corrected chi connectivity index (χ4v) is 1.88. The van der Waals surface area contributed by atoms with Crippen LogP contribution in [0.3, 0.4) is 0 Å². The summed E-state index contributed by atoms with van der Waals surface area (Å²) in [5, 5.41) is 0. The average Bonchev–Trinajstić information content (AvgIpc) is 2.43. The quantitative estimate of drug-likeness (QED) is 0.644. The topological polar surface area (TPSA) is 73.1 Å². The predicted octanol–water partition coefficient (Wildman–Crippen LogP) is 2.12. The normalized spacial score (nSPS) is 12.4. The van der Waals surface area contributed by atoms with Crippen LogP contribution in [0.1, 0.15) is 36.8 Å². The van der Waals surface area contributed by atoms with Gasteiger partial charge in [0.2, 0.25) is 0 Å². The summed E-state index contributed by atoms with van der Waals surface area (Å²) in [5.74, 6) is 7.12. The number of benzene rings is 1. The number of aromatic nitrogens is 2. The molecule has 1 heterocycles. The lowest BCUT2D eigenvalue weighted by atomic mass is 10.1. The molecule has 0 saturated heterocycles. The van der Waals surface area contributed by atoms with Gasteiger partial charge < -0.3 is 4.74 Å². The number of rotatable bonds is 5. The van der Waals surface area contributed by atoms with Gasteiger partial charge in [0, 0.05) is 12.4 Å². The summed E-state index contributed by atoms with van der Waals surface area (Å²) >= 11 is 0. The van der Waals surface area contributed by atoms with Gasteiger partial charge >= 0.3 is 0 Å². The van der Waals surface area contributed by atoms with Crippen LogP contribution in [0.5, 0.6) is 5.75 Å². The van der Waals surface area contributed by atoms with Crippen molar-refractivity contribution in [3.8, 4) is 5.75 Å². The standard InChI is InChI=1S/C15H20N4O/c1-10(2)20-13-6-4-12(5-7-13)14(19-16)15-17-8-11(3)9-18-15/h4-10,14,19H,16H2,1-3H3. The van der Waals surface area contributed by atoms with Crippen LogP contribution in [-0.4, -0.2) is 16.1 Å². The van der Waals surface area contributed by atoms with Crippen molar-refractivity contribution in [2.75, 3.05) is 0 Å². The Kier molecular flexibility index (Phi) is 4.65. The smallest absolute Gasteiger partial charge is 0.150 e. The molecule has 0 radical (unpaired) electrons. The molecule has 0 amide bonds. The Morgan fingerprint density at radius 2 is 1.70 bits per heavy atom. The van der Waals surface area contributed by atoms with Crippen LogP contribution in [0.2, 0.25) is 0 Å². The van der Waals surface area contributed by atoms with Crippen molar-refractivity contribution < 1.29 is 4.74 Å². The Bertz CT molecular complexity index is 537. The Morgan fingerprint density at radius 3 is 2.20 bits per heavy atom. The molecule has 1 aromatic heterocycles. The Morgan fingerprint density at radius 1 is 1.10 bits per heavy atom. The Balaban J connectivity index is 2.21. The van der Waals surface area contributed by atoms with E-state index < -0.39 is 0 Å². The summed E-state index contributed by atoms with van der Waals surface area (Å²) in [6.45, 7) is 5.95. The van der Waals surface area contributed by atoms with E-state index in [-0.39, 0.29) is 12.1 Å². The molecule has 0 bridgehead atoms. The summed E-state index contributed by atoms with van der Waals surface area (Å²) in [6.07, 6.45) is 3.72. The maximum atomic E-state index is 5.63. The molecule has 2 aromatic rings. The van der Waals surface area contributed by atoms with Crippen LogP contribution in [0, 0.1) is 6.92 Å². The van der Waals surface area contributed by atoms with E-state index in [0.717, 1.165) is 16.9 Å². The number of ether oxygens (including phenoxy) is 1. The van der Waals surface area contributed by atoms with Crippen molar-refractivity contribution in [1.82, 2.24) is 15.4 Å². The minimum absolute atomic E-state index is 0.157. The van der Waals surface area contributed by atoms with E-state index in [0.29, 0.717) is 5.82 Å². The Labute approximate surface area is 119 Å². The van der Waals surface area contributed by atoms with Crippen LogP contribution in [-0.2, 0) is 0 Å². The first-order chi connectivity index (χ1) is 9.60. The summed E-state index contributed by atoms with van der Waals surface area (Å²) in [6, 6.07) is 7.54. The largest absolute Gasteiger partial charge is 0.491 e. The molecule has 106 valence electrons. The molecule has 1 atom stereocenters. The third-order valence-corrected chi connectivity index (χ3v) is 2.81. The van der Waals surface area contributed by atoms with Crippen molar-refractivity contribution in [2.24, 2.45) is 5.84 Å². The molecule has 0 saturated carbocycles. The van der Waals surface area contributed by atoms with Gasteiger partial charge in [0.15, 0.2) is 5.82 Å². The molecule has 20 heavy (non-hydrogen) atoms. The summed E-state index contributed by atoms with van der Waals surface area (Å²) in [4.78, 5) is 8.62. The van der Waals surface area contributed by atoms with Crippen LogP contribution in [0.4, 0.5) is 0 Å². The monoisotopic (exact) mass is 272 g/mol. The molecular weight excluding hydrogens is 252 g/mol. The lowest BCUT2D eigenvalue weighted by molar-refractivity contribution is 0.242. The first-order valence-electron chi connectivity index (χ1n) is 6.61. The zero-order valence-electron chi connectivity index (χ0n) is 12.0. The maximum Gasteiger partial charge on any atom is 0.150 e. The zero-order valence-corrected chi connectivity index (χ0v) is 12.0. The number of hydrazine groups is 1. The molecule has 0 aliphatic rings. The third kappa shape index (κ3) is 3.53. The average molecular weight is 272 g/mol. The van der Waals surface area contributed by atoms with Crippen molar-refractivity contribution in [1.29, 1.82) is 0 Å². The van der Waals surface area contributed by atoms with Gasteiger partial charge in [-0.15, -0.1) is 0 Å². The summed E-state index contributed by atoms with van der Waals surface area (Å²) < 4.78 is 5.62. The zero-order chi connectivity index (χ0) is 14.5. The first-order valence-corrected chi connectivity index (χ1v) is 6.61. The highest BCUT2D eigenvalue weighted by Gasteiger charge is 2.15. The SMILES string of the molecule is Cc1cnc(C(NN)c2ccc(OC(C)C)cc2)nc1. The second-order valence-corrected chi connectivity index (χ2v) is 4.95. The molecule has 1 aromatic carbocycles. The second kappa shape index (κ2) is 6.45. The number of nitrogens with one attached hydrogen (secondary N) is 1. The fourth-order valence-electron chi connectivity index (χ4n) is 1.88. The van der Waals surface area contributed by atoms with Gasteiger partial charge in [0.1, 0.15) is 11.8 Å². The van der Waals surface area contributed by atoms with Crippen LogP contribution in [0.25, 0.3) is 0 Å². The fraction of sp³-hybridized carbons (Fsp3) is 0.333. The molecule has 0 aliphatic heterocycles. The van der Waals surface area contributed by atoms with Crippen molar-refractivity contribution in [3.63, 3.8) is 0 Å². The van der Waals surface area contributed by atoms with E-state index in [2.05, 4.69) is 15.4 Å². The molecule has 5 heteroatoms. The highest BCUT2D eigenvalue weighted by Crippen LogP contribution is 2.21. The van der Waals surface area contributed by atoms with Gasteiger partial charge in [-0.25, -0.2) is 15.4 Å². The van der Waals surface area contributed by atoms with E-state index in [9.17, 15) is 0 Å². The molecular formula is C15H20N4O. The molecule has 0 spiro atoms. The van der Waals surface area contributed by atoms with Crippen molar-refractivity contribution >= 4 is 0 Å². The first kappa shape index (κ1) is 14.4. The van der Waals surface area contributed by atoms with E-state index >= 15 is 0 Å². The number of hydrogen-bond donors (Lipinski definition) is 2. The number of nitrogens with zero attached hydrogens (tertiary/aromatic N) is 2. The minimum Gasteiger partial charge on any atom is -0.491 e. The van der Waals surface area contributed by atoms with Crippen LogP contribution in [0.15, 0.2) is 36.7 Å². The Hall–Kier alpha value is -1.98. The molecule has 5 nitrogen and oxygen atoms in total. The molecule has 0 aliphatic carbocycles. The van der Waals surface area contributed by atoms with Gasteiger partial charge in [0.05, 0.1) is 6.10 Å². The maximum absolute atomic E-state index is 5.63. The van der Waals surface area contributed by atoms with Crippen molar-refractivity contribution in [3.05, 3.63) is 53.6 Å². The summed E-state index contributed by atoms with van der Waals surface area (Å²) in [5.41, 5.74) is 4.76. The highest BCUT2D eigenvalue weighted by molar-refractivity contribution is 5.32. The molecule has 0 fully saturated rings. The minimum atomic E-state index is -0.233. The molecule has 1 unspecified atom stereocenters.